The topological polar surface area (TPSA) is 68.2 Å². The molecule has 4 aromatic rings. The number of ether oxygens (including phenoxy) is 3. The lowest BCUT2D eigenvalue weighted by molar-refractivity contribution is 0.0786. The second-order valence-electron chi connectivity index (χ2n) is 8.69. The Morgan fingerprint density at radius 1 is 0.703 bits per heavy atom. The molecule has 0 heterocycles. The number of carbonyl (C=O) groups excluding carboxylic acids is 1. The number of aliphatic hydroxyl groups is 1. The Morgan fingerprint density at radius 3 is 1.73 bits per heavy atom. The zero-order valence-corrected chi connectivity index (χ0v) is 20.8. The van der Waals surface area contributed by atoms with Gasteiger partial charge in [-0.15, -0.1) is 0 Å². The highest BCUT2D eigenvalue weighted by atomic mass is 16.6. The number of hydrogen-bond acceptors (Lipinski definition) is 5. The maximum Gasteiger partial charge on any atom is 0.409 e. The third-order valence-corrected chi connectivity index (χ3v) is 5.79. The van der Waals surface area contributed by atoms with Crippen molar-refractivity contribution in [2.24, 2.45) is 0 Å². The van der Waals surface area contributed by atoms with Crippen LogP contribution in [0.1, 0.15) is 28.4 Å². The molecule has 190 valence electrons. The monoisotopic (exact) mass is 497 g/mol. The van der Waals surface area contributed by atoms with Gasteiger partial charge in [0.05, 0.1) is 12.6 Å². The molecular weight excluding hydrogens is 466 g/mol. The average Bonchev–Trinajstić information content (AvgIpc) is 2.95. The molecule has 4 aromatic carbocycles. The van der Waals surface area contributed by atoms with Gasteiger partial charge in [-0.25, -0.2) is 4.79 Å². The molecule has 1 atom stereocenters. The molecular formula is C31H31NO5. The van der Waals surface area contributed by atoms with Crippen molar-refractivity contribution >= 4 is 6.09 Å². The van der Waals surface area contributed by atoms with Crippen LogP contribution in [0, 0.1) is 0 Å². The lowest BCUT2D eigenvalue weighted by Gasteiger charge is -2.22. The molecule has 0 unspecified atom stereocenters. The number of nitrogens with zero attached hydrogens (tertiary/aromatic N) is 1. The van der Waals surface area contributed by atoms with Gasteiger partial charge < -0.3 is 24.2 Å². The van der Waals surface area contributed by atoms with Crippen LogP contribution in [0.5, 0.6) is 11.5 Å². The summed E-state index contributed by atoms with van der Waals surface area (Å²) >= 11 is 0. The highest BCUT2D eigenvalue weighted by Gasteiger charge is 2.18. The number of rotatable bonds is 11. The van der Waals surface area contributed by atoms with Crippen LogP contribution in [-0.4, -0.2) is 29.7 Å². The minimum Gasteiger partial charge on any atom is -0.485 e. The minimum atomic E-state index is -0.934. The smallest absolute Gasteiger partial charge is 0.409 e. The van der Waals surface area contributed by atoms with Crippen LogP contribution in [0.2, 0.25) is 0 Å². The van der Waals surface area contributed by atoms with Gasteiger partial charge in [0.2, 0.25) is 0 Å². The zero-order chi connectivity index (χ0) is 25.9. The van der Waals surface area contributed by atoms with Crippen molar-refractivity contribution < 1.29 is 24.1 Å². The molecule has 6 heteroatoms. The van der Waals surface area contributed by atoms with Crippen LogP contribution in [0.15, 0.2) is 109 Å². The molecule has 0 aromatic heterocycles. The molecule has 0 aliphatic carbocycles. The average molecular weight is 498 g/mol. The van der Waals surface area contributed by atoms with E-state index in [2.05, 4.69) is 0 Å². The summed E-state index contributed by atoms with van der Waals surface area (Å²) in [5, 5.41) is 10.9. The highest BCUT2D eigenvalue weighted by Crippen LogP contribution is 2.32. The summed E-state index contributed by atoms with van der Waals surface area (Å²) in [4.78, 5) is 13.8. The standard InChI is InChI=1S/C31H31NO5/c1-32(31(34)37-23-26-15-9-4-10-16-26)20-28(33)27-17-18-29(35-21-24-11-5-2-6-12-24)30(19-27)36-22-25-13-7-3-8-14-25/h2-19,28,33H,20-23H2,1H3/t28-/m0/s1. The molecule has 1 N–H and O–H groups in total. The van der Waals surface area contributed by atoms with Gasteiger partial charge in [-0.2, -0.15) is 0 Å². The summed E-state index contributed by atoms with van der Waals surface area (Å²) in [6.07, 6.45) is -1.44. The molecule has 0 fully saturated rings. The summed E-state index contributed by atoms with van der Waals surface area (Å²) in [5.41, 5.74) is 3.56. The van der Waals surface area contributed by atoms with Crippen molar-refractivity contribution in [3.63, 3.8) is 0 Å². The Morgan fingerprint density at radius 2 is 1.19 bits per heavy atom. The van der Waals surface area contributed by atoms with Crippen molar-refractivity contribution in [1.82, 2.24) is 4.90 Å². The van der Waals surface area contributed by atoms with Crippen molar-refractivity contribution in [3.05, 3.63) is 131 Å². The number of aliphatic hydroxyl groups excluding tert-OH is 1. The van der Waals surface area contributed by atoms with Gasteiger partial charge in [-0.05, 0) is 34.4 Å². The maximum atomic E-state index is 12.4. The van der Waals surface area contributed by atoms with Crippen LogP contribution >= 0.6 is 0 Å². The van der Waals surface area contributed by atoms with Gasteiger partial charge in [0, 0.05) is 7.05 Å². The van der Waals surface area contributed by atoms with Gasteiger partial charge in [-0.3, -0.25) is 0 Å². The third-order valence-electron chi connectivity index (χ3n) is 5.79. The molecule has 0 spiro atoms. The van der Waals surface area contributed by atoms with E-state index >= 15 is 0 Å². The molecule has 0 saturated heterocycles. The largest absolute Gasteiger partial charge is 0.485 e. The Kier molecular flexibility index (Phi) is 9.16. The minimum absolute atomic E-state index is 0.0654. The zero-order valence-electron chi connectivity index (χ0n) is 20.8. The van der Waals surface area contributed by atoms with Crippen molar-refractivity contribution in [2.75, 3.05) is 13.6 Å². The van der Waals surface area contributed by atoms with Crippen LogP contribution in [0.3, 0.4) is 0 Å². The molecule has 1 amide bonds. The number of carbonyl (C=O) groups is 1. The third kappa shape index (κ3) is 7.85. The SMILES string of the molecule is CN(C[C@H](O)c1ccc(OCc2ccccc2)c(OCc2ccccc2)c1)C(=O)OCc1ccccc1. The van der Waals surface area contributed by atoms with E-state index in [1.165, 1.54) is 4.90 Å². The van der Waals surface area contributed by atoms with E-state index in [1.54, 1.807) is 25.2 Å². The number of benzene rings is 4. The van der Waals surface area contributed by atoms with E-state index in [0.29, 0.717) is 30.3 Å². The van der Waals surface area contributed by atoms with Crippen LogP contribution < -0.4 is 9.47 Å². The summed E-state index contributed by atoms with van der Waals surface area (Å²) in [6.45, 7) is 0.981. The lowest BCUT2D eigenvalue weighted by Crippen LogP contribution is -2.31. The molecule has 0 saturated carbocycles. The first-order chi connectivity index (χ1) is 18.1. The van der Waals surface area contributed by atoms with Crippen molar-refractivity contribution in [2.45, 2.75) is 25.9 Å². The number of likely N-dealkylation sites (N-methyl/N-ethyl adjacent to an activating group) is 1. The molecule has 0 bridgehead atoms. The van der Waals surface area contributed by atoms with Gasteiger partial charge in [0.25, 0.3) is 0 Å². The molecule has 0 radical (unpaired) electrons. The lowest BCUT2D eigenvalue weighted by atomic mass is 10.1. The molecule has 4 rings (SSSR count). The van der Waals surface area contributed by atoms with Gasteiger partial charge >= 0.3 is 6.09 Å². The van der Waals surface area contributed by atoms with Crippen molar-refractivity contribution in [1.29, 1.82) is 0 Å². The van der Waals surface area contributed by atoms with Gasteiger partial charge in [-0.1, -0.05) is 97.1 Å². The summed E-state index contributed by atoms with van der Waals surface area (Å²) in [6, 6.07) is 34.5. The quantitative estimate of drug-likeness (QED) is 0.269. The van der Waals surface area contributed by atoms with E-state index in [4.69, 9.17) is 14.2 Å². The Balaban J connectivity index is 1.42. The highest BCUT2D eigenvalue weighted by molar-refractivity contribution is 5.67. The maximum absolute atomic E-state index is 12.4. The van der Waals surface area contributed by atoms with Crippen LogP contribution in [0.4, 0.5) is 4.79 Å². The van der Waals surface area contributed by atoms with Crippen molar-refractivity contribution in [3.8, 4) is 11.5 Å². The van der Waals surface area contributed by atoms with Gasteiger partial charge in [0.15, 0.2) is 11.5 Å². The van der Waals surface area contributed by atoms with Crippen LogP contribution in [0.25, 0.3) is 0 Å². The second kappa shape index (κ2) is 13.1. The predicted octanol–water partition coefficient (Wildman–Crippen LogP) is 6.15. The summed E-state index contributed by atoms with van der Waals surface area (Å²) in [5.74, 6) is 1.09. The normalized spacial score (nSPS) is 11.4. The Hall–Kier alpha value is -4.29. The fraction of sp³-hybridized carbons (Fsp3) is 0.194. The molecule has 0 aliphatic heterocycles. The van der Waals surface area contributed by atoms with E-state index in [1.807, 2.05) is 91.0 Å². The first-order valence-electron chi connectivity index (χ1n) is 12.2. The summed E-state index contributed by atoms with van der Waals surface area (Å²) in [7, 11) is 1.60. The first kappa shape index (κ1) is 25.8. The Bertz CT molecular complexity index is 1250. The van der Waals surface area contributed by atoms with E-state index in [0.717, 1.165) is 16.7 Å². The first-order valence-corrected chi connectivity index (χ1v) is 12.2. The van der Waals surface area contributed by atoms with E-state index in [-0.39, 0.29) is 13.2 Å². The Labute approximate surface area is 217 Å². The van der Waals surface area contributed by atoms with E-state index in [9.17, 15) is 9.90 Å². The number of hydrogen-bond donors (Lipinski definition) is 1. The molecule has 0 aliphatic rings. The molecule has 6 nitrogen and oxygen atoms in total. The van der Waals surface area contributed by atoms with Gasteiger partial charge in [0.1, 0.15) is 19.8 Å². The predicted molar refractivity (Wildman–Crippen MR) is 142 cm³/mol. The number of amides is 1. The molecule has 37 heavy (non-hydrogen) atoms. The fourth-order valence-corrected chi connectivity index (χ4v) is 3.70. The summed E-state index contributed by atoms with van der Waals surface area (Å²) < 4.78 is 17.5. The van der Waals surface area contributed by atoms with Crippen LogP contribution in [-0.2, 0) is 24.6 Å². The van der Waals surface area contributed by atoms with E-state index < -0.39 is 12.2 Å². The fourth-order valence-electron chi connectivity index (χ4n) is 3.70. The second-order valence-corrected chi connectivity index (χ2v) is 8.69.